The quantitative estimate of drug-likeness (QED) is 0.868. The Kier molecular flexibility index (Phi) is 4.84. The molecule has 1 saturated heterocycles. The van der Waals surface area contributed by atoms with Crippen molar-refractivity contribution in [3.8, 4) is 0 Å². The van der Waals surface area contributed by atoms with Crippen LogP contribution in [0.15, 0.2) is 42.6 Å². The van der Waals surface area contributed by atoms with Crippen LogP contribution < -0.4 is 4.90 Å². The highest BCUT2D eigenvalue weighted by Crippen LogP contribution is 2.28. The molecular weight excluding hydrogens is 298 g/mol. The van der Waals surface area contributed by atoms with Gasteiger partial charge in [-0.3, -0.25) is 4.79 Å². The van der Waals surface area contributed by atoms with Gasteiger partial charge in [-0.1, -0.05) is 29.8 Å². The predicted octanol–water partition coefficient (Wildman–Crippen LogP) is 3.48. The molecule has 2 heterocycles. The molecule has 0 spiro atoms. The third-order valence-corrected chi connectivity index (χ3v) is 4.71. The number of nitrogens with zero attached hydrogens (tertiary/aromatic N) is 3. The average Bonchev–Trinajstić information content (AvgIpc) is 2.62. The molecule has 0 aliphatic carbocycles. The number of carbonyl (C=O) groups is 1. The van der Waals surface area contributed by atoms with Gasteiger partial charge in [0.05, 0.1) is 0 Å². The second-order valence-electron chi connectivity index (χ2n) is 6.80. The fraction of sp³-hybridized carbons (Fsp3) is 0.400. The highest BCUT2D eigenvalue weighted by atomic mass is 16.2. The van der Waals surface area contributed by atoms with Gasteiger partial charge in [-0.15, -0.1) is 0 Å². The topological polar surface area (TPSA) is 36.4 Å². The second kappa shape index (κ2) is 7.04. The van der Waals surface area contributed by atoms with Crippen molar-refractivity contribution in [2.75, 3.05) is 32.1 Å². The van der Waals surface area contributed by atoms with E-state index >= 15 is 0 Å². The summed E-state index contributed by atoms with van der Waals surface area (Å²) < 4.78 is 0. The molecular formula is C20H25N3O. The molecule has 0 radical (unpaired) electrons. The minimum absolute atomic E-state index is 0.109. The summed E-state index contributed by atoms with van der Waals surface area (Å²) in [6, 6.07) is 12.4. The first-order valence-corrected chi connectivity index (χ1v) is 8.54. The van der Waals surface area contributed by atoms with Gasteiger partial charge in [-0.2, -0.15) is 0 Å². The molecule has 3 rings (SSSR count). The molecule has 0 saturated carbocycles. The van der Waals surface area contributed by atoms with Gasteiger partial charge in [0.2, 0.25) is 0 Å². The highest BCUT2D eigenvalue weighted by Gasteiger charge is 2.25. The monoisotopic (exact) mass is 323 g/mol. The summed E-state index contributed by atoms with van der Waals surface area (Å²) in [6.07, 6.45) is 3.91. The van der Waals surface area contributed by atoms with Crippen molar-refractivity contribution in [2.24, 2.45) is 0 Å². The molecule has 0 N–H and O–H groups in total. The number of anilines is 1. The van der Waals surface area contributed by atoms with Gasteiger partial charge >= 0.3 is 0 Å². The Labute approximate surface area is 144 Å². The number of likely N-dealkylation sites (tertiary alicyclic amines) is 1. The number of carbonyl (C=O) groups excluding carboxylic acids is 1. The standard InChI is InChI=1S/C20H25N3O/c1-15-6-8-16(9-7-15)18-5-4-12-23(14-18)20(24)17-10-11-21-19(13-17)22(2)3/h6-11,13,18H,4-5,12,14H2,1-3H3/t18-/m1/s1. The zero-order valence-electron chi connectivity index (χ0n) is 14.7. The van der Waals surface area contributed by atoms with Crippen LogP contribution in [0.25, 0.3) is 0 Å². The molecule has 4 nitrogen and oxygen atoms in total. The molecule has 1 aromatic heterocycles. The molecule has 2 aromatic rings. The Morgan fingerprint density at radius 2 is 1.96 bits per heavy atom. The number of hydrogen-bond acceptors (Lipinski definition) is 3. The van der Waals surface area contributed by atoms with Crippen LogP contribution >= 0.6 is 0 Å². The van der Waals surface area contributed by atoms with E-state index in [9.17, 15) is 4.79 Å². The molecule has 24 heavy (non-hydrogen) atoms. The van der Waals surface area contributed by atoms with Gasteiger partial charge in [0.1, 0.15) is 5.82 Å². The number of hydrogen-bond donors (Lipinski definition) is 0. The lowest BCUT2D eigenvalue weighted by molar-refractivity contribution is 0.0707. The first kappa shape index (κ1) is 16.5. The maximum absolute atomic E-state index is 12.9. The van der Waals surface area contributed by atoms with Crippen LogP contribution in [0.1, 0.15) is 40.2 Å². The predicted molar refractivity (Wildman–Crippen MR) is 97.6 cm³/mol. The maximum atomic E-state index is 12.9. The minimum Gasteiger partial charge on any atom is -0.363 e. The summed E-state index contributed by atoms with van der Waals surface area (Å²) >= 11 is 0. The van der Waals surface area contributed by atoms with E-state index in [0.29, 0.717) is 5.92 Å². The Hall–Kier alpha value is -2.36. The lowest BCUT2D eigenvalue weighted by Crippen LogP contribution is -2.39. The molecule has 1 atom stereocenters. The average molecular weight is 323 g/mol. The number of aromatic nitrogens is 1. The first-order chi connectivity index (χ1) is 11.5. The fourth-order valence-electron chi connectivity index (χ4n) is 3.25. The van der Waals surface area contributed by atoms with E-state index in [1.165, 1.54) is 11.1 Å². The van der Waals surface area contributed by atoms with Crippen LogP contribution in [-0.2, 0) is 0 Å². The number of benzene rings is 1. The van der Waals surface area contributed by atoms with Gasteiger partial charge in [0.25, 0.3) is 5.91 Å². The van der Waals surface area contributed by atoms with Gasteiger partial charge in [0, 0.05) is 44.9 Å². The van der Waals surface area contributed by atoms with Gasteiger partial charge in [-0.25, -0.2) is 4.98 Å². The van der Waals surface area contributed by atoms with Crippen molar-refractivity contribution in [2.45, 2.75) is 25.7 Å². The van der Waals surface area contributed by atoms with E-state index < -0.39 is 0 Å². The van der Waals surface area contributed by atoms with Crippen molar-refractivity contribution in [3.05, 3.63) is 59.3 Å². The van der Waals surface area contributed by atoms with Crippen LogP contribution in [0, 0.1) is 6.92 Å². The summed E-state index contributed by atoms with van der Waals surface area (Å²) in [5, 5.41) is 0. The Morgan fingerprint density at radius 3 is 2.67 bits per heavy atom. The van der Waals surface area contributed by atoms with E-state index in [4.69, 9.17) is 0 Å². The number of piperidine rings is 1. The molecule has 1 fully saturated rings. The zero-order chi connectivity index (χ0) is 17.1. The van der Waals surface area contributed by atoms with Gasteiger partial charge < -0.3 is 9.80 Å². The van der Waals surface area contributed by atoms with Gasteiger partial charge in [0.15, 0.2) is 0 Å². The molecule has 1 aliphatic rings. The van der Waals surface area contributed by atoms with Crippen molar-refractivity contribution >= 4 is 11.7 Å². The number of rotatable bonds is 3. The number of amides is 1. The molecule has 126 valence electrons. The molecule has 1 aliphatic heterocycles. The van der Waals surface area contributed by atoms with Crippen LogP contribution in [0.4, 0.5) is 5.82 Å². The van der Waals surface area contributed by atoms with Crippen LogP contribution in [-0.4, -0.2) is 43.0 Å². The zero-order valence-corrected chi connectivity index (χ0v) is 14.7. The van der Waals surface area contributed by atoms with Crippen LogP contribution in [0.2, 0.25) is 0 Å². The van der Waals surface area contributed by atoms with Crippen molar-refractivity contribution in [1.82, 2.24) is 9.88 Å². The lowest BCUT2D eigenvalue weighted by Gasteiger charge is -2.33. The van der Waals surface area contributed by atoms with E-state index in [2.05, 4.69) is 36.2 Å². The van der Waals surface area contributed by atoms with Crippen molar-refractivity contribution in [1.29, 1.82) is 0 Å². The summed E-state index contributed by atoms with van der Waals surface area (Å²) in [4.78, 5) is 21.1. The Bertz CT molecular complexity index is 709. The van der Waals surface area contributed by atoms with E-state index in [-0.39, 0.29) is 5.91 Å². The maximum Gasteiger partial charge on any atom is 0.254 e. The van der Waals surface area contributed by atoms with E-state index in [1.807, 2.05) is 36.0 Å². The number of pyridine rings is 1. The van der Waals surface area contributed by atoms with Crippen molar-refractivity contribution in [3.63, 3.8) is 0 Å². The molecule has 1 amide bonds. The summed E-state index contributed by atoms with van der Waals surface area (Å²) in [6.45, 7) is 3.73. The first-order valence-electron chi connectivity index (χ1n) is 8.54. The summed E-state index contributed by atoms with van der Waals surface area (Å²) in [7, 11) is 3.87. The fourth-order valence-corrected chi connectivity index (χ4v) is 3.25. The normalized spacial score (nSPS) is 17.6. The van der Waals surface area contributed by atoms with E-state index in [0.717, 1.165) is 37.3 Å². The van der Waals surface area contributed by atoms with Crippen LogP contribution in [0.3, 0.4) is 0 Å². The minimum atomic E-state index is 0.109. The SMILES string of the molecule is Cc1ccc([C@@H]2CCCN(C(=O)c3ccnc(N(C)C)c3)C2)cc1. The van der Waals surface area contributed by atoms with Crippen molar-refractivity contribution < 1.29 is 4.79 Å². The van der Waals surface area contributed by atoms with E-state index in [1.54, 1.807) is 6.20 Å². The number of aryl methyl sites for hydroxylation is 1. The third-order valence-electron chi connectivity index (χ3n) is 4.71. The Morgan fingerprint density at radius 1 is 1.21 bits per heavy atom. The summed E-state index contributed by atoms with van der Waals surface area (Å²) in [5.41, 5.74) is 3.33. The summed E-state index contributed by atoms with van der Waals surface area (Å²) in [5.74, 6) is 1.35. The second-order valence-corrected chi connectivity index (χ2v) is 6.80. The third kappa shape index (κ3) is 3.58. The molecule has 0 bridgehead atoms. The molecule has 0 unspecified atom stereocenters. The largest absolute Gasteiger partial charge is 0.363 e. The molecule has 4 heteroatoms. The van der Waals surface area contributed by atoms with Crippen LogP contribution in [0.5, 0.6) is 0 Å². The highest BCUT2D eigenvalue weighted by molar-refractivity contribution is 5.95. The van der Waals surface area contributed by atoms with Gasteiger partial charge in [-0.05, 0) is 37.5 Å². The lowest BCUT2D eigenvalue weighted by atomic mass is 9.90. The molecule has 1 aromatic carbocycles. The smallest absolute Gasteiger partial charge is 0.254 e. The Balaban J connectivity index is 1.75.